The van der Waals surface area contributed by atoms with E-state index in [9.17, 15) is 4.79 Å². The first kappa shape index (κ1) is 17.5. The molecule has 1 aliphatic carbocycles. The highest BCUT2D eigenvalue weighted by Gasteiger charge is 2.30. The van der Waals surface area contributed by atoms with Crippen molar-refractivity contribution in [2.24, 2.45) is 5.92 Å². The molecule has 7 heteroatoms. The van der Waals surface area contributed by atoms with Gasteiger partial charge in [0.25, 0.3) is 0 Å². The van der Waals surface area contributed by atoms with Crippen LogP contribution in [0.1, 0.15) is 32.6 Å². The van der Waals surface area contributed by atoms with E-state index in [0.717, 1.165) is 83.1 Å². The van der Waals surface area contributed by atoms with Gasteiger partial charge in [0.1, 0.15) is 0 Å². The molecule has 2 saturated heterocycles. The molecular formula is C19H30N6O. The standard InChI is InChI=1S/C19H30N6O/c1-2-23-9-11-25(12-10-23)19-20-13-17(14-21-19)24-7-5-15(6-8-24)18(26)22-16-3-4-16/h13-16H,2-12H2,1H3,(H,22,26). The zero-order chi connectivity index (χ0) is 17.9. The molecule has 1 amide bonds. The van der Waals surface area contributed by atoms with Crippen LogP contribution in [0, 0.1) is 5.92 Å². The van der Waals surface area contributed by atoms with Crippen molar-refractivity contribution < 1.29 is 4.79 Å². The Bertz CT molecular complexity index is 601. The molecule has 2 aliphatic heterocycles. The van der Waals surface area contributed by atoms with Gasteiger partial charge in [0.15, 0.2) is 0 Å². The number of piperidine rings is 1. The van der Waals surface area contributed by atoms with Crippen LogP contribution in [-0.2, 0) is 4.79 Å². The molecule has 0 aromatic carbocycles. The smallest absolute Gasteiger partial charge is 0.225 e. The molecule has 1 saturated carbocycles. The summed E-state index contributed by atoms with van der Waals surface area (Å²) in [6.45, 7) is 9.28. The third-order valence-electron chi connectivity index (χ3n) is 5.88. The van der Waals surface area contributed by atoms with Crippen molar-refractivity contribution >= 4 is 17.5 Å². The number of piperazine rings is 1. The highest BCUT2D eigenvalue weighted by atomic mass is 16.2. The minimum atomic E-state index is 0.168. The molecule has 26 heavy (non-hydrogen) atoms. The van der Waals surface area contributed by atoms with Gasteiger partial charge in [0.05, 0.1) is 18.1 Å². The van der Waals surface area contributed by atoms with Crippen molar-refractivity contribution in [3.63, 3.8) is 0 Å². The number of nitrogens with one attached hydrogen (secondary N) is 1. The Morgan fingerprint density at radius 1 is 1.00 bits per heavy atom. The van der Waals surface area contributed by atoms with E-state index < -0.39 is 0 Å². The van der Waals surface area contributed by atoms with Crippen molar-refractivity contribution in [3.05, 3.63) is 12.4 Å². The number of anilines is 2. The van der Waals surface area contributed by atoms with E-state index in [-0.39, 0.29) is 11.8 Å². The molecule has 1 aromatic rings. The van der Waals surface area contributed by atoms with E-state index in [4.69, 9.17) is 0 Å². The molecule has 3 fully saturated rings. The molecule has 142 valence electrons. The molecule has 0 atom stereocenters. The Kier molecular flexibility index (Phi) is 5.24. The fourth-order valence-electron chi connectivity index (χ4n) is 3.85. The van der Waals surface area contributed by atoms with Crippen LogP contribution >= 0.6 is 0 Å². The van der Waals surface area contributed by atoms with Gasteiger partial charge in [0, 0.05) is 51.2 Å². The van der Waals surface area contributed by atoms with Crippen molar-refractivity contribution in [1.29, 1.82) is 0 Å². The number of nitrogens with zero attached hydrogens (tertiary/aromatic N) is 5. The van der Waals surface area contributed by atoms with Crippen LogP contribution < -0.4 is 15.1 Å². The summed E-state index contributed by atoms with van der Waals surface area (Å²) in [6.07, 6.45) is 8.03. The summed E-state index contributed by atoms with van der Waals surface area (Å²) in [4.78, 5) is 28.4. The number of amides is 1. The third kappa shape index (κ3) is 4.09. The molecule has 7 nitrogen and oxygen atoms in total. The zero-order valence-corrected chi connectivity index (χ0v) is 15.7. The van der Waals surface area contributed by atoms with Crippen molar-refractivity contribution in [3.8, 4) is 0 Å². The van der Waals surface area contributed by atoms with E-state index in [0.29, 0.717) is 6.04 Å². The average Bonchev–Trinajstić information content (AvgIpc) is 3.52. The summed E-state index contributed by atoms with van der Waals surface area (Å²) in [5.41, 5.74) is 1.07. The van der Waals surface area contributed by atoms with Crippen LogP contribution in [-0.4, -0.2) is 72.6 Å². The summed E-state index contributed by atoms with van der Waals surface area (Å²) < 4.78 is 0. The lowest BCUT2D eigenvalue weighted by Crippen LogP contribution is -2.46. The Morgan fingerprint density at radius 3 is 2.23 bits per heavy atom. The first-order valence-corrected chi connectivity index (χ1v) is 10.1. The number of likely N-dealkylation sites (N-methyl/N-ethyl adjacent to an activating group) is 1. The van der Waals surface area contributed by atoms with Crippen LogP contribution in [0.25, 0.3) is 0 Å². The average molecular weight is 358 g/mol. The van der Waals surface area contributed by atoms with Gasteiger partial charge >= 0.3 is 0 Å². The highest BCUT2D eigenvalue weighted by molar-refractivity contribution is 5.79. The molecule has 3 aliphatic rings. The van der Waals surface area contributed by atoms with Crippen LogP contribution in [0.5, 0.6) is 0 Å². The van der Waals surface area contributed by atoms with E-state index in [1.54, 1.807) is 0 Å². The van der Waals surface area contributed by atoms with Gasteiger partial charge in [-0.2, -0.15) is 0 Å². The molecule has 0 bridgehead atoms. The predicted octanol–water partition coefficient (Wildman–Crippen LogP) is 1.11. The van der Waals surface area contributed by atoms with Crippen molar-refractivity contribution in [2.75, 3.05) is 55.6 Å². The lowest BCUT2D eigenvalue weighted by atomic mass is 9.95. The van der Waals surface area contributed by atoms with Gasteiger partial charge in [-0.3, -0.25) is 4.79 Å². The fourth-order valence-corrected chi connectivity index (χ4v) is 3.85. The van der Waals surface area contributed by atoms with Crippen LogP contribution in [0.4, 0.5) is 11.6 Å². The number of rotatable bonds is 5. The maximum Gasteiger partial charge on any atom is 0.225 e. The number of aromatic nitrogens is 2. The molecule has 0 unspecified atom stereocenters. The van der Waals surface area contributed by atoms with Crippen LogP contribution in [0.15, 0.2) is 12.4 Å². The van der Waals surface area contributed by atoms with E-state index in [1.807, 2.05) is 12.4 Å². The Balaban J connectivity index is 1.28. The Labute approximate surface area is 155 Å². The Hall–Kier alpha value is -1.89. The fraction of sp³-hybridized carbons (Fsp3) is 0.737. The molecule has 0 radical (unpaired) electrons. The molecule has 4 rings (SSSR count). The summed E-state index contributed by atoms with van der Waals surface area (Å²) in [7, 11) is 0. The minimum absolute atomic E-state index is 0.168. The van der Waals surface area contributed by atoms with E-state index in [2.05, 4.69) is 36.9 Å². The summed E-state index contributed by atoms with van der Waals surface area (Å²) in [5.74, 6) is 1.26. The van der Waals surface area contributed by atoms with Crippen molar-refractivity contribution in [2.45, 2.75) is 38.6 Å². The number of hydrogen-bond donors (Lipinski definition) is 1. The van der Waals surface area contributed by atoms with Crippen LogP contribution in [0.3, 0.4) is 0 Å². The Morgan fingerprint density at radius 2 is 1.65 bits per heavy atom. The maximum atomic E-state index is 12.2. The number of carbonyl (C=O) groups excluding carboxylic acids is 1. The molecule has 1 N–H and O–H groups in total. The first-order chi connectivity index (χ1) is 12.7. The topological polar surface area (TPSA) is 64.6 Å². The van der Waals surface area contributed by atoms with E-state index >= 15 is 0 Å². The zero-order valence-electron chi connectivity index (χ0n) is 15.7. The lowest BCUT2D eigenvalue weighted by molar-refractivity contribution is -0.125. The lowest BCUT2D eigenvalue weighted by Gasteiger charge is -2.35. The number of hydrogen-bond acceptors (Lipinski definition) is 6. The summed E-state index contributed by atoms with van der Waals surface area (Å²) in [6, 6.07) is 0.459. The SMILES string of the molecule is CCN1CCN(c2ncc(N3CCC(C(=O)NC4CC4)CC3)cn2)CC1. The van der Waals surface area contributed by atoms with Crippen molar-refractivity contribution in [1.82, 2.24) is 20.2 Å². The molecule has 0 spiro atoms. The number of carbonyl (C=O) groups is 1. The second kappa shape index (κ2) is 7.78. The van der Waals surface area contributed by atoms with Gasteiger partial charge in [-0.1, -0.05) is 6.92 Å². The van der Waals surface area contributed by atoms with Gasteiger partial charge < -0.3 is 20.0 Å². The van der Waals surface area contributed by atoms with E-state index in [1.165, 1.54) is 0 Å². The molecule has 1 aromatic heterocycles. The monoisotopic (exact) mass is 358 g/mol. The van der Waals surface area contributed by atoms with Crippen LogP contribution in [0.2, 0.25) is 0 Å². The minimum Gasteiger partial charge on any atom is -0.369 e. The normalized spacial score (nSPS) is 22.5. The quantitative estimate of drug-likeness (QED) is 0.851. The molecule has 3 heterocycles. The highest BCUT2D eigenvalue weighted by Crippen LogP contribution is 2.25. The molecular weight excluding hydrogens is 328 g/mol. The predicted molar refractivity (Wildman–Crippen MR) is 102 cm³/mol. The third-order valence-corrected chi connectivity index (χ3v) is 5.88. The second-order valence-electron chi connectivity index (χ2n) is 7.71. The summed E-state index contributed by atoms with van der Waals surface area (Å²) >= 11 is 0. The van der Waals surface area contributed by atoms with Gasteiger partial charge in [0.2, 0.25) is 11.9 Å². The second-order valence-corrected chi connectivity index (χ2v) is 7.71. The summed E-state index contributed by atoms with van der Waals surface area (Å²) in [5, 5.41) is 3.14. The van der Waals surface area contributed by atoms with Gasteiger partial charge in [-0.25, -0.2) is 9.97 Å². The first-order valence-electron chi connectivity index (χ1n) is 10.1. The maximum absolute atomic E-state index is 12.2. The van der Waals surface area contributed by atoms with Gasteiger partial charge in [-0.15, -0.1) is 0 Å². The van der Waals surface area contributed by atoms with Gasteiger partial charge in [-0.05, 0) is 32.2 Å². The largest absolute Gasteiger partial charge is 0.369 e.